The molecular weight excluding hydrogens is 464 g/mol. The average Bonchev–Trinajstić information content (AvgIpc) is 2.99. The van der Waals surface area contributed by atoms with Crippen LogP contribution in [-0.2, 0) is 0 Å². The van der Waals surface area contributed by atoms with Crippen molar-refractivity contribution in [3.63, 3.8) is 0 Å². The minimum absolute atomic E-state index is 0.0517. The maximum atomic E-state index is 11.5. The summed E-state index contributed by atoms with van der Waals surface area (Å²) in [6.07, 6.45) is 2.88. The Bertz CT molecular complexity index is 1170. The molecule has 2 aliphatic rings. The topological polar surface area (TPSA) is 40.5 Å². The molecule has 2 heteroatoms. The second-order valence-corrected chi connectivity index (χ2v) is 11.4. The van der Waals surface area contributed by atoms with Crippen molar-refractivity contribution >= 4 is 0 Å². The molecule has 4 aromatic carbocycles. The molecule has 6 rings (SSSR count). The maximum Gasteiger partial charge on any atom is 0.0614 e. The van der Waals surface area contributed by atoms with Crippen LogP contribution in [0.5, 0.6) is 0 Å². The first-order valence-corrected chi connectivity index (χ1v) is 14.3. The zero-order valence-electron chi connectivity index (χ0n) is 21.9. The fraction of sp³-hybridized carbons (Fsp3) is 0.333. The fourth-order valence-electron chi connectivity index (χ4n) is 7.89. The molecule has 8 unspecified atom stereocenters. The predicted octanol–water partition coefficient (Wildman–Crippen LogP) is 7.66. The number of hydrogen-bond acceptors (Lipinski definition) is 2. The summed E-state index contributed by atoms with van der Waals surface area (Å²) in [4.78, 5) is 0. The Hall–Kier alpha value is -3.20. The summed E-state index contributed by atoms with van der Waals surface area (Å²) in [5, 5.41) is 23.0. The standard InChI is InChI=1S/C36H38O2/c37-31-23-21-29(33(25-13-5-1-6-14-25)35(31)27-17-9-3-10-18-27)30-22-24-32(38)36(28-19-11-4-12-20-28)34(30)26-15-7-2-8-16-26/h1-20,29-38H,21-24H2. The molecule has 0 amide bonds. The summed E-state index contributed by atoms with van der Waals surface area (Å²) in [5.74, 6) is 1.33. The van der Waals surface area contributed by atoms with Gasteiger partial charge in [0.25, 0.3) is 0 Å². The van der Waals surface area contributed by atoms with Crippen LogP contribution in [0.1, 0.15) is 71.6 Å². The molecule has 8 atom stereocenters. The van der Waals surface area contributed by atoms with Crippen molar-refractivity contribution in [2.24, 2.45) is 11.8 Å². The minimum Gasteiger partial charge on any atom is -0.392 e. The molecule has 0 aromatic heterocycles. The highest BCUT2D eigenvalue weighted by Gasteiger charge is 2.49. The molecule has 2 aliphatic carbocycles. The zero-order chi connectivity index (χ0) is 25.9. The molecule has 0 spiro atoms. The van der Waals surface area contributed by atoms with Crippen molar-refractivity contribution in [3.8, 4) is 0 Å². The van der Waals surface area contributed by atoms with Crippen LogP contribution in [0.25, 0.3) is 0 Å². The summed E-state index contributed by atoms with van der Waals surface area (Å²) < 4.78 is 0. The van der Waals surface area contributed by atoms with Gasteiger partial charge in [0, 0.05) is 11.8 Å². The van der Waals surface area contributed by atoms with Crippen LogP contribution < -0.4 is 0 Å². The molecule has 2 saturated carbocycles. The third kappa shape index (κ3) is 4.84. The quantitative estimate of drug-likeness (QED) is 0.294. The lowest BCUT2D eigenvalue weighted by Gasteiger charge is -2.51. The zero-order valence-corrected chi connectivity index (χ0v) is 21.9. The Labute approximate surface area is 227 Å². The maximum absolute atomic E-state index is 11.5. The lowest BCUT2D eigenvalue weighted by atomic mass is 9.54. The van der Waals surface area contributed by atoms with E-state index >= 15 is 0 Å². The van der Waals surface area contributed by atoms with Gasteiger partial charge in [0.05, 0.1) is 12.2 Å². The lowest BCUT2D eigenvalue weighted by Crippen LogP contribution is -2.44. The van der Waals surface area contributed by atoms with Crippen LogP contribution in [0.4, 0.5) is 0 Å². The first kappa shape index (κ1) is 25.1. The van der Waals surface area contributed by atoms with E-state index in [4.69, 9.17) is 0 Å². The summed E-state index contributed by atoms with van der Waals surface area (Å²) >= 11 is 0. The Kier molecular flexibility index (Phi) is 7.44. The van der Waals surface area contributed by atoms with Crippen LogP contribution in [0.2, 0.25) is 0 Å². The molecule has 0 aliphatic heterocycles. The fourth-order valence-corrected chi connectivity index (χ4v) is 7.89. The lowest BCUT2D eigenvalue weighted by molar-refractivity contribution is 0.00559. The van der Waals surface area contributed by atoms with Crippen LogP contribution in [0.3, 0.4) is 0 Å². The molecule has 194 valence electrons. The Balaban J connectivity index is 1.48. The van der Waals surface area contributed by atoms with Gasteiger partial charge in [-0.3, -0.25) is 0 Å². The van der Waals surface area contributed by atoms with Gasteiger partial charge in [0.2, 0.25) is 0 Å². The van der Waals surface area contributed by atoms with Crippen molar-refractivity contribution in [1.82, 2.24) is 0 Å². The third-order valence-corrected chi connectivity index (χ3v) is 9.40. The first-order valence-electron chi connectivity index (χ1n) is 14.3. The molecule has 2 nitrogen and oxygen atoms in total. The minimum atomic E-state index is -0.367. The van der Waals surface area contributed by atoms with E-state index in [0.29, 0.717) is 11.8 Å². The molecule has 0 saturated heterocycles. The number of hydrogen-bond donors (Lipinski definition) is 2. The van der Waals surface area contributed by atoms with Crippen molar-refractivity contribution in [2.45, 2.75) is 61.6 Å². The van der Waals surface area contributed by atoms with E-state index in [1.165, 1.54) is 22.3 Å². The average molecular weight is 503 g/mol. The van der Waals surface area contributed by atoms with Crippen LogP contribution in [-0.4, -0.2) is 22.4 Å². The van der Waals surface area contributed by atoms with Gasteiger partial charge >= 0.3 is 0 Å². The second-order valence-electron chi connectivity index (χ2n) is 11.4. The molecule has 2 fully saturated rings. The molecule has 2 N–H and O–H groups in total. The number of aliphatic hydroxyl groups is 2. The highest BCUT2D eigenvalue weighted by molar-refractivity contribution is 5.35. The highest BCUT2D eigenvalue weighted by Crippen LogP contribution is 2.58. The summed E-state index contributed by atoms with van der Waals surface area (Å²) in [5.41, 5.74) is 5.09. The highest BCUT2D eigenvalue weighted by atomic mass is 16.3. The summed E-state index contributed by atoms with van der Waals surface area (Å²) in [6, 6.07) is 43.1. The molecule has 0 heterocycles. The molecule has 0 radical (unpaired) electrons. The van der Waals surface area contributed by atoms with E-state index in [-0.39, 0.29) is 35.9 Å². The summed E-state index contributed by atoms with van der Waals surface area (Å²) in [6.45, 7) is 0. The number of aliphatic hydroxyl groups excluding tert-OH is 2. The Morgan fingerprint density at radius 2 is 0.605 bits per heavy atom. The van der Waals surface area contributed by atoms with Gasteiger partial charge in [-0.05, 0) is 71.6 Å². The number of rotatable bonds is 5. The first-order chi connectivity index (χ1) is 18.7. The Morgan fingerprint density at radius 3 is 0.895 bits per heavy atom. The van der Waals surface area contributed by atoms with E-state index in [9.17, 15) is 10.2 Å². The van der Waals surface area contributed by atoms with Crippen LogP contribution in [0, 0.1) is 11.8 Å². The van der Waals surface area contributed by atoms with Crippen molar-refractivity contribution in [3.05, 3.63) is 144 Å². The van der Waals surface area contributed by atoms with Gasteiger partial charge in [-0.2, -0.15) is 0 Å². The van der Waals surface area contributed by atoms with E-state index in [2.05, 4.69) is 121 Å². The van der Waals surface area contributed by atoms with Crippen LogP contribution >= 0.6 is 0 Å². The van der Waals surface area contributed by atoms with Gasteiger partial charge < -0.3 is 10.2 Å². The molecule has 38 heavy (non-hydrogen) atoms. The smallest absolute Gasteiger partial charge is 0.0614 e. The third-order valence-electron chi connectivity index (χ3n) is 9.40. The van der Waals surface area contributed by atoms with Gasteiger partial charge in [-0.1, -0.05) is 121 Å². The van der Waals surface area contributed by atoms with Crippen LogP contribution in [0.15, 0.2) is 121 Å². The predicted molar refractivity (Wildman–Crippen MR) is 154 cm³/mol. The van der Waals surface area contributed by atoms with E-state index in [1.807, 2.05) is 0 Å². The second kappa shape index (κ2) is 11.3. The monoisotopic (exact) mass is 502 g/mol. The van der Waals surface area contributed by atoms with Gasteiger partial charge in [-0.15, -0.1) is 0 Å². The molecular formula is C36H38O2. The largest absolute Gasteiger partial charge is 0.392 e. The van der Waals surface area contributed by atoms with Gasteiger partial charge in [0.1, 0.15) is 0 Å². The van der Waals surface area contributed by atoms with Crippen molar-refractivity contribution < 1.29 is 10.2 Å². The van der Waals surface area contributed by atoms with Crippen molar-refractivity contribution in [1.29, 1.82) is 0 Å². The normalized spacial score (nSPS) is 31.5. The molecule has 4 aromatic rings. The van der Waals surface area contributed by atoms with E-state index in [0.717, 1.165) is 25.7 Å². The van der Waals surface area contributed by atoms with E-state index < -0.39 is 0 Å². The van der Waals surface area contributed by atoms with Gasteiger partial charge in [0.15, 0.2) is 0 Å². The van der Waals surface area contributed by atoms with Gasteiger partial charge in [-0.25, -0.2) is 0 Å². The van der Waals surface area contributed by atoms with Crippen molar-refractivity contribution in [2.75, 3.05) is 0 Å². The SMILES string of the molecule is OC1CCC(C2CCC(O)C(c3ccccc3)C2c2ccccc2)C(c2ccccc2)C1c1ccccc1. The molecule has 0 bridgehead atoms. The van der Waals surface area contributed by atoms with E-state index in [1.54, 1.807) is 0 Å². The summed E-state index contributed by atoms with van der Waals surface area (Å²) in [7, 11) is 0. The number of benzene rings is 4. The Morgan fingerprint density at radius 1 is 0.342 bits per heavy atom.